The molecule has 1 fully saturated rings. The summed E-state index contributed by atoms with van der Waals surface area (Å²) >= 11 is 1.26. The summed E-state index contributed by atoms with van der Waals surface area (Å²) < 4.78 is 13.5. The molecule has 0 saturated carbocycles. The number of carbonyl (C=O) groups is 2. The van der Waals surface area contributed by atoms with Gasteiger partial charge in [0.15, 0.2) is 0 Å². The first kappa shape index (κ1) is 15.8. The highest BCUT2D eigenvalue weighted by atomic mass is 32.2. The Morgan fingerprint density at radius 3 is 3.00 bits per heavy atom. The summed E-state index contributed by atoms with van der Waals surface area (Å²) in [6.45, 7) is 3.74. The van der Waals surface area contributed by atoms with Gasteiger partial charge < -0.3 is 10.6 Å². The zero-order valence-electron chi connectivity index (χ0n) is 11.9. The van der Waals surface area contributed by atoms with Crippen LogP contribution in [0.1, 0.15) is 18.9 Å². The first-order chi connectivity index (χ1) is 9.94. The van der Waals surface area contributed by atoms with E-state index in [0.717, 1.165) is 5.56 Å². The van der Waals surface area contributed by atoms with Crippen molar-refractivity contribution in [3.05, 3.63) is 29.6 Å². The molecule has 2 rings (SSSR count). The van der Waals surface area contributed by atoms with Gasteiger partial charge in [0.1, 0.15) is 11.3 Å². The molecule has 0 bridgehead atoms. The molecule has 1 aliphatic heterocycles. The van der Waals surface area contributed by atoms with Gasteiger partial charge in [0.05, 0.1) is 11.4 Å². The van der Waals surface area contributed by atoms with Crippen LogP contribution in [0, 0.1) is 12.7 Å². The van der Waals surface area contributed by atoms with E-state index >= 15 is 0 Å². The van der Waals surface area contributed by atoms with Gasteiger partial charge in [0, 0.05) is 12.5 Å². The Labute approximate surface area is 127 Å². The highest BCUT2D eigenvalue weighted by Crippen LogP contribution is 2.17. The number of anilines is 1. The molecule has 1 aromatic rings. The van der Waals surface area contributed by atoms with E-state index in [1.165, 1.54) is 17.8 Å². The van der Waals surface area contributed by atoms with Crippen molar-refractivity contribution in [2.75, 3.05) is 11.1 Å². The molecule has 5 nitrogen and oxygen atoms in total. The molecule has 21 heavy (non-hydrogen) atoms. The average molecular weight is 311 g/mol. The van der Waals surface area contributed by atoms with Gasteiger partial charge in [-0.15, -0.1) is 11.8 Å². The Kier molecular flexibility index (Phi) is 5.19. The van der Waals surface area contributed by atoms with E-state index in [2.05, 4.69) is 16.0 Å². The number of hydrogen-bond donors (Lipinski definition) is 3. The monoisotopic (exact) mass is 311 g/mol. The van der Waals surface area contributed by atoms with Crippen LogP contribution in [0.3, 0.4) is 0 Å². The van der Waals surface area contributed by atoms with Gasteiger partial charge in [-0.05, 0) is 31.5 Å². The van der Waals surface area contributed by atoms with Crippen molar-refractivity contribution >= 4 is 29.3 Å². The molecule has 0 aromatic heterocycles. The number of halogens is 1. The summed E-state index contributed by atoms with van der Waals surface area (Å²) in [4.78, 5) is 23.2. The Hall–Kier alpha value is -1.60. The third-order valence-corrected chi connectivity index (χ3v) is 4.01. The molecule has 114 valence electrons. The van der Waals surface area contributed by atoms with Gasteiger partial charge in [-0.2, -0.15) is 0 Å². The molecule has 7 heteroatoms. The van der Waals surface area contributed by atoms with E-state index in [-0.39, 0.29) is 34.8 Å². The van der Waals surface area contributed by atoms with Gasteiger partial charge in [-0.25, -0.2) is 4.39 Å². The Balaban J connectivity index is 1.84. The molecule has 2 unspecified atom stereocenters. The molecular weight excluding hydrogens is 293 g/mol. The van der Waals surface area contributed by atoms with Crippen LogP contribution >= 0.6 is 11.8 Å². The highest BCUT2D eigenvalue weighted by molar-refractivity contribution is 8.00. The minimum Gasteiger partial charge on any atom is -0.332 e. The average Bonchev–Trinajstić information content (AvgIpc) is 2.40. The summed E-state index contributed by atoms with van der Waals surface area (Å²) in [6, 6.07) is 4.62. The SMILES string of the molecule is Cc1ccc(F)c(NC(=O)CSC2NC(=O)CC(C)N2)c1. The van der Waals surface area contributed by atoms with Crippen molar-refractivity contribution in [3.8, 4) is 0 Å². The molecule has 1 saturated heterocycles. The van der Waals surface area contributed by atoms with Crippen LogP contribution in [0.4, 0.5) is 10.1 Å². The Morgan fingerprint density at radius 2 is 2.29 bits per heavy atom. The number of nitrogens with one attached hydrogen (secondary N) is 3. The number of thioether (sulfide) groups is 1. The molecular formula is C14H18FN3O2S. The fourth-order valence-electron chi connectivity index (χ4n) is 2.01. The highest BCUT2D eigenvalue weighted by Gasteiger charge is 2.23. The number of aryl methyl sites for hydroxylation is 1. The topological polar surface area (TPSA) is 70.2 Å². The second-order valence-corrected chi connectivity index (χ2v) is 6.16. The summed E-state index contributed by atoms with van der Waals surface area (Å²) in [5.74, 6) is -0.683. The van der Waals surface area contributed by atoms with Crippen molar-refractivity contribution in [2.45, 2.75) is 31.8 Å². The van der Waals surface area contributed by atoms with Crippen LogP contribution in [0.25, 0.3) is 0 Å². The van der Waals surface area contributed by atoms with Crippen LogP contribution < -0.4 is 16.0 Å². The zero-order chi connectivity index (χ0) is 15.4. The minimum absolute atomic E-state index is 0.0381. The van der Waals surface area contributed by atoms with Gasteiger partial charge in [-0.1, -0.05) is 6.07 Å². The van der Waals surface area contributed by atoms with Crippen molar-refractivity contribution < 1.29 is 14.0 Å². The van der Waals surface area contributed by atoms with E-state index in [9.17, 15) is 14.0 Å². The molecule has 2 atom stereocenters. The quantitative estimate of drug-likeness (QED) is 0.790. The first-order valence-corrected chi connectivity index (χ1v) is 7.72. The van der Waals surface area contributed by atoms with Crippen molar-refractivity contribution in [3.63, 3.8) is 0 Å². The minimum atomic E-state index is -0.461. The summed E-state index contributed by atoms with van der Waals surface area (Å²) in [7, 11) is 0. The predicted octanol–water partition coefficient (Wildman–Crippen LogP) is 1.59. The predicted molar refractivity (Wildman–Crippen MR) is 81.4 cm³/mol. The molecule has 1 aromatic carbocycles. The van der Waals surface area contributed by atoms with Crippen LogP contribution in [-0.4, -0.2) is 29.1 Å². The third kappa shape index (κ3) is 4.71. The normalized spacial score (nSPS) is 21.8. The number of hydrogen-bond acceptors (Lipinski definition) is 4. The van der Waals surface area contributed by atoms with Gasteiger partial charge >= 0.3 is 0 Å². The second-order valence-electron chi connectivity index (χ2n) is 5.06. The molecule has 2 amide bonds. The van der Waals surface area contributed by atoms with Crippen molar-refractivity contribution in [1.82, 2.24) is 10.6 Å². The maximum atomic E-state index is 13.5. The number of amides is 2. The van der Waals surface area contributed by atoms with E-state index in [4.69, 9.17) is 0 Å². The van der Waals surface area contributed by atoms with Crippen molar-refractivity contribution in [1.29, 1.82) is 0 Å². The molecule has 0 spiro atoms. The van der Waals surface area contributed by atoms with Crippen molar-refractivity contribution in [2.24, 2.45) is 0 Å². The summed E-state index contributed by atoms with van der Waals surface area (Å²) in [5, 5.41) is 8.45. The second kappa shape index (κ2) is 6.91. The maximum Gasteiger partial charge on any atom is 0.234 e. The number of rotatable bonds is 4. The molecule has 0 aliphatic carbocycles. The lowest BCUT2D eigenvalue weighted by molar-refractivity contribution is -0.123. The first-order valence-electron chi connectivity index (χ1n) is 6.67. The van der Waals surface area contributed by atoms with Gasteiger partial charge in [0.2, 0.25) is 11.8 Å². The number of benzene rings is 1. The van der Waals surface area contributed by atoms with E-state index in [0.29, 0.717) is 6.42 Å². The molecule has 3 N–H and O–H groups in total. The standard InChI is InChI=1S/C14H18FN3O2S/c1-8-3-4-10(15)11(5-8)17-13(20)7-21-14-16-9(2)6-12(19)18-14/h3-5,9,14,16H,6-7H2,1-2H3,(H,17,20)(H,18,19). The van der Waals surface area contributed by atoms with Crippen LogP contribution in [-0.2, 0) is 9.59 Å². The van der Waals surface area contributed by atoms with Gasteiger partial charge in [0.25, 0.3) is 0 Å². The van der Waals surface area contributed by atoms with E-state index in [1.54, 1.807) is 12.1 Å². The lowest BCUT2D eigenvalue weighted by atomic mass is 10.2. The summed E-state index contributed by atoms with van der Waals surface area (Å²) in [5.41, 5.74) is 0.748. The zero-order valence-corrected chi connectivity index (χ0v) is 12.7. The number of carbonyl (C=O) groups excluding carboxylic acids is 2. The Morgan fingerprint density at radius 1 is 1.52 bits per heavy atom. The lowest BCUT2D eigenvalue weighted by Gasteiger charge is -2.28. The molecule has 1 aliphatic rings. The smallest absolute Gasteiger partial charge is 0.234 e. The van der Waals surface area contributed by atoms with Crippen LogP contribution in [0.15, 0.2) is 18.2 Å². The maximum absolute atomic E-state index is 13.5. The fraction of sp³-hybridized carbons (Fsp3) is 0.429. The fourth-order valence-corrected chi connectivity index (χ4v) is 2.95. The van der Waals surface area contributed by atoms with Crippen LogP contribution in [0.2, 0.25) is 0 Å². The molecule has 0 radical (unpaired) electrons. The van der Waals surface area contributed by atoms with E-state index < -0.39 is 5.82 Å². The lowest BCUT2D eigenvalue weighted by Crippen LogP contribution is -2.53. The third-order valence-electron chi connectivity index (χ3n) is 3.00. The Bertz CT molecular complexity index is 553. The largest absolute Gasteiger partial charge is 0.332 e. The summed E-state index contributed by atoms with van der Waals surface area (Å²) in [6.07, 6.45) is 0.428. The van der Waals surface area contributed by atoms with Gasteiger partial charge in [-0.3, -0.25) is 14.9 Å². The van der Waals surface area contributed by atoms with E-state index in [1.807, 2.05) is 13.8 Å². The van der Waals surface area contributed by atoms with Crippen LogP contribution in [0.5, 0.6) is 0 Å². The molecule has 1 heterocycles.